The van der Waals surface area contributed by atoms with Gasteiger partial charge in [0.15, 0.2) is 5.65 Å². The summed E-state index contributed by atoms with van der Waals surface area (Å²) in [5, 5.41) is 13.2. The molecule has 0 saturated heterocycles. The molecule has 6 heteroatoms. The van der Waals surface area contributed by atoms with E-state index in [0.717, 1.165) is 16.9 Å². The Morgan fingerprint density at radius 1 is 1.39 bits per heavy atom. The van der Waals surface area contributed by atoms with Gasteiger partial charge in [-0.3, -0.25) is 4.79 Å². The fourth-order valence-electron chi connectivity index (χ4n) is 2.53. The summed E-state index contributed by atoms with van der Waals surface area (Å²) < 4.78 is 1.57. The Bertz CT molecular complexity index is 922. The van der Waals surface area contributed by atoms with Crippen molar-refractivity contribution in [3.63, 3.8) is 0 Å². The average Bonchev–Trinajstić information content (AvgIpc) is 2.97. The van der Waals surface area contributed by atoms with Crippen molar-refractivity contribution in [3.8, 4) is 17.3 Å². The molecule has 3 aromatic rings. The molecule has 1 aromatic carbocycles. The lowest BCUT2D eigenvalue weighted by Gasteiger charge is -2.19. The number of carbonyl (C=O) groups excluding carboxylic acids is 1. The summed E-state index contributed by atoms with van der Waals surface area (Å²) in [6.45, 7) is 4.09. The minimum absolute atomic E-state index is 0.00406. The molecule has 3 rings (SSSR count). The zero-order valence-corrected chi connectivity index (χ0v) is 12.9. The average molecular weight is 305 g/mol. The van der Waals surface area contributed by atoms with E-state index in [1.165, 1.54) is 6.20 Å². The zero-order valence-electron chi connectivity index (χ0n) is 12.9. The van der Waals surface area contributed by atoms with Gasteiger partial charge in [-0.05, 0) is 25.1 Å². The van der Waals surface area contributed by atoms with Gasteiger partial charge in [0.25, 0.3) is 0 Å². The second-order valence-electron chi connectivity index (χ2n) is 5.06. The lowest BCUT2D eigenvalue weighted by Crippen LogP contribution is -2.27. The number of amides is 1. The minimum Gasteiger partial charge on any atom is -0.313 e. The number of rotatable bonds is 3. The maximum Gasteiger partial charge on any atom is 0.223 e. The molecule has 0 aliphatic rings. The third kappa shape index (κ3) is 2.64. The fraction of sp³-hybridized carbons (Fsp3) is 0.176. The van der Waals surface area contributed by atoms with Gasteiger partial charge >= 0.3 is 0 Å². The summed E-state index contributed by atoms with van der Waals surface area (Å²) in [4.78, 5) is 17.9. The van der Waals surface area contributed by atoms with E-state index < -0.39 is 0 Å². The molecular formula is C17H15N5O. The number of nitriles is 1. The van der Waals surface area contributed by atoms with E-state index >= 15 is 0 Å². The largest absolute Gasteiger partial charge is 0.313 e. The van der Waals surface area contributed by atoms with Gasteiger partial charge in [-0.1, -0.05) is 12.1 Å². The van der Waals surface area contributed by atoms with Gasteiger partial charge in [0.1, 0.15) is 11.6 Å². The Labute approximate surface area is 133 Å². The van der Waals surface area contributed by atoms with Crippen molar-refractivity contribution in [3.05, 3.63) is 48.3 Å². The standard InChI is InChI=1S/C17H15N5O/c1-3-21(12(2)23)15-6-4-5-13(9-15)16-7-8-22-17(20-16)14(10-18)11-19-22/h4-9,11H,3H2,1-2H3. The van der Waals surface area contributed by atoms with Crippen LogP contribution in [0.3, 0.4) is 0 Å². The number of carbonyl (C=O) groups is 1. The maximum absolute atomic E-state index is 11.7. The van der Waals surface area contributed by atoms with Crippen molar-refractivity contribution in [2.24, 2.45) is 0 Å². The number of nitrogens with zero attached hydrogens (tertiary/aromatic N) is 5. The Hall–Kier alpha value is -3.20. The molecule has 0 radical (unpaired) electrons. The summed E-state index contributed by atoms with van der Waals surface area (Å²) in [5.41, 5.74) is 3.40. The normalized spacial score (nSPS) is 10.5. The Balaban J connectivity index is 2.08. The molecular weight excluding hydrogens is 290 g/mol. The highest BCUT2D eigenvalue weighted by Crippen LogP contribution is 2.24. The second kappa shape index (κ2) is 5.89. The van der Waals surface area contributed by atoms with Crippen LogP contribution in [0.15, 0.2) is 42.7 Å². The highest BCUT2D eigenvalue weighted by molar-refractivity contribution is 5.92. The molecule has 0 fully saturated rings. The lowest BCUT2D eigenvalue weighted by molar-refractivity contribution is -0.116. The van der Waals surface area contributed by atoms with Gasteiger partial charge in [-0.2, -0.15) is 10.4 Å². The van der Waals surface area contributed by atoms with Gasteiger partial charge in [-0.25, -0.2) is 9.50 Å². The molecule has 0 saturated carbocycles. The molecule has 2 heterocycles. The van der Waals surface area contributed by atoms with Crippen LogP contribution in [-0.4, -0.2) is 27.0 Å². The van der Waals surface area contributed by atoms with E-state index in [0.29, 0.717) is 17.8 Å². The van der Waals surface area contributed by atoms with E-state index in [4.69, 9.17) is 5.26 Å². The van der Waals surface area contributed by atoms with Crippen molar-refractivity contribution >= 4 is 17.2 Å². The van der Waals surface area contributed by atoms with Crippen molar-refractivity contribution in [2.75, 3.05) is 11.4 Å². The molecule has 6 nitrogen and oxygen atoms in total. The van der Waals surface area contributed by atoms with Crippen LogP contribution in [-0.2, 0) is 4.79 Å². The predicted octanol–water partition coefficient (Wildman–Crippen LogP) is 2.64. The lowest BCUT2D eigenvalue weighted by atomic mass is 10.1. The summed E-state index contributed by atoms with van der Waals surface area (Å²) >= 11 is 0. The van der Waals surface area contributed by atoms with Crippen LogP contribution < -0.4 is 4.90 Å². The zero-order chi connectivity index (χ0) is 16.4. The summed E-state index contributed by atoms with van der Waals surface area (Å²) in [6.07, 6.45) is 3.27. The number of fused-ring (bicyclic) bond motifs is 1. The highest BCUT2D eigenvalue weighted by atomic mass is 16.2. The quantitative estimate of drug-likeness (QED) is 0.745. The van der Waals surface area contributed by atoms with Crippen molar-refractivity contribution in [1.82, 2.24) is 14.6 Å². The van der Waals surface area contributed by atoms with Gasteiger partial charge in [0.2, 0.25) is 5.91 Å². The summed E-state index contributed by atoms with van der Waals surface area (Å²) in [7, 11) is 0. The van der Waals surface area contributed by atoms with Gasteiger partial charge < -0.3 is 4.90 Å². The van der Waals surface area contributed by atoms with Crippen LogP contribution in [0.1, 0.15) is 19.4 Å². The Kier molecular flexibility index (Phi) is 3.77. The fourth-order valence-corrected chi connectivity index (χ4v) is 2.53. The molecule has 1 amide bonds. The molecule has 0 aliphatic carbocycles. The van der Waals surface area contributed by atoms with Crippen LogP contribution in [0.5, 0.6) is 0 Å². The number of hydrogen-bond acceptors (Lipinski definition) is 4. The number of aromatic nitrogens is 3. The molecule has 0 spiro atoms. The molecule has 114 valence electrons. The van der Waals surface area contributed by atoms with Crippen molar-refractivity contribution < 1.29 is 4.79 Å². The molecule has 0 N–H and O–H groups in total. The molecule has 0 aliphatic heterocycles. The minimum atomic E-state index is -0.00406. The van der Waals surface area contributed by atoms with Crippen LogP contribution in [0, 0.1) is 11.3 Å². The molecule has 23 heavy (non-hydrogen) atoms. The smallest absolute Gasteiger partial charge is 0.223 e. The Morgan fingerprint density at radius 2 is 2.22 bits per heavy atom. The first kappa shape index (κ1) is 14.7. The SMILES string of the molecule is CCN(C(C)=O)c1cccc(-c2ccn3ncc(C#N)c3n2)c1. The first-order chi connectivity index (χ1) is 11.1. The van der Waals surface area contributed by atoms with Gasteiger partial charge in [0.05, 0.1) is 11.9 Å². The van der Waals surface area contributed by atoms with Crippen LogP contribution >= 0.6 is 0 Å². The van der Waals surface area contributed by atoms with E-state index in [9.17, 15) is 4.79 Å². The van der Waals surface area contributed by atoms with E-state index in [1.807, 2.05) is 37.3 Å². The second-order valence-corrected chi connectivity index (χ2v) is 5.06. The molecule has 0 atom stereocenters. The van der Waals surface area contributed by atoms with Crippen LogP contribution in [0.4, 0.5) is 5.69 Å². The number of anilines is 1. The van der Waals surface area contributed by atoms with Crippen molar-refractivity contribution in [2.45, 2.75) is 13.8 Å². The molecule has 0 bridgehead atoms. The van der Waals surface area contributed by atoms with E-state index in [-0.39, 0.29) is 5.91 Å². The van der Waals surface area contributed by atoms with Gasteiger partial charge in [-0.15, -0.1) is 0 Å². The summed E-state index contributed by atoms with van der Waals surface area (Å²) in [5.74, 6) is -0.00406. The predicted molar refractivity (Wildman–Crippen MR) is 86.8 cm³/mol. The van der Waals surface area contributed by atoms with E-state index in [1.54, 1.807) is 22.5 Å². The molecule has 0 unspecified atom stereocenters. The third-order valence-electron chi connectivity index (χ3n) is 3.64. The number of hydrogen-bond donors (Lipinski definition) is 0. The third-order valence-corrected chi connectivity index (χ3v) is 3.64. The van der Waals surface area contributed by atoms with Crippen LogP contribution in [0.25, 0.3) is 16.9 Å². The monoisotopic (exact) mass is 305 g/mol. The topological polar surface area (TPSA) is 74.3 Å². The van der Waals surface area contributed by atoms with E-state index in [2.05, 4.69) is 16.2 Å². The van der Waals surface area contributed by atoms with Crippen LogP contribution in [0.2, 0.25) is 0 Å². The van der Waals surface area contributed by atoms with Crippen molar-refractivity contribution in [1.29, 1.82) is 5.26 Å². The van der Waals surface area contributed by atoms with Gasteiger partial charge in [0, 0.05) is 30.9 Å². The maximum atomic E-state index is 11.7. The summed E-state index contributed by atoms with van der Waals surface area (Å²) in [6, 6.07) is 11.6. The first-order valence-electron chi connectivity index (χ1n) is 7.27. The number of benzene rings is 1. The molecule has 2 aromatic heterocycles. The highest BCUT2D eigenvalue weighted by Gasteiger charge is 2.11. The first-order valence-corrected chi connectivity index (χ1v) is 7.27. The Morgan fingerprint density at radius 3 is 2.91 bits per heavy atom.